The highest BCUT2D eigenvalue weighted by molar-refractivity contribution is 6.26. The van der Waals surface area contributed by atoms with Gasteiger partial charge in [0.25, 0.3) is 17.7 Å². The SMILES string of the molecule is CC(C)n1cc(C(Nc2cccc3c2C(=O)N(C24CC(C2)C(=O)NC4=O)C3=O)C2CC2)nn1. The van der Waals surface area contributed by atoms with E-state index in [0.717, 1.165) is 23.4 Å². The number of aromatic nitrogens is 3. The van der Waals surface area contributed by atoms with E-state index in [2.05, 4.69) is 20.9 Å². The summed E-state index contributed by atoms with van der Waals surface area (Å²) in [5, 5.41) is 14.3. The van der Waals surface area contributed by atoms with Crippen LogP contribution in [0.15, 0.2) is 24.4 Å². The highest BCUT2D eigenvalue weighted by atomic mass is 16.2. The Balaban J connectivity index is 1.34. The van der Waals surface area contributed by atoms with Gasteiger partial charge in [0.2, 0.25) is 5.91 Å². The molecule has 2 bridgehead atoms. The Labute approximate surface area is 189 Å². The van der Waals surface area contributed by atoms with Crippen LogP contribution >= 0.6 is 0 Å². The molecule has 4 amide bonds. The van der Waals surface area contributed by atoms with E-state index in [0.29, 0.717) is 11.6 Å². The molecule has 10 nitrogen and oxygen atoms in total. The van der Waals surface area contributed by atoms with Crippen molar-refractivity contribution in [1.82, 2.24) is 25.2 Å². The van der Waals surface area contributed by atoms with Crippen LogP contribution in [0.1, 0.15) is 78.0 Å². The lowest BCUT2D eigenvalue weighted by Crippen LogP contribution is -2.74. The number of rotatable bonds is 6. The largest absolute Gasteiger partial charge is 0.376 e. The van der Waals surface area contributed by atoms with E-state index in [1.54, 1.807) is 22.9 Å². The summed E-state index contributed by atoms with van der Waals surface area (Å²) in [6, 6.07) is 5.17. The van der Waals surface area contributed by atoms with Crippen molar-refractivity contribution in [2.75, 3.05) is 5.32 Å². The molecule has 33 heavy (non-hydrogen) atoms. The van der Waals surface area contributed by atoms with Gasteiger partial charge in [-0.25, -0.2) is 4.68 Å². The van der Waals surface area contributed by atoms with Crippen molar-refractivity contribution in [3.63, 3.8) is 0 Å². The van der Waals surface area contributed by atoms with Crippen LogP contribution in [0.3, 0.4) is 0 Å². The zero-order valence-corrected chi connectivity index (χ0v) is 18.4. The summed E-state index contributed by atoms with van der Waals surface area (Å²) >= 11 is 0. The van der Waals surface area contributed by atoms with Crippen molar-refractivity contribution >= 4 is 29.3 Å². The number of hydrogen-bond acceptors (Lipinski definition) is 7. The normalized spacial score (nSPS) is 26.9. The highest BCUT2D eigenvalue weighted by Crippen LogP contribution is 2.50. The minimum Gasteiger partial charge on any atom is -0.376 e. The van der Waals surface area contributed by atoms with Gasteiger partial charge in [-0.15, -0.1) is 5.10 Å². The van der Waals surface area contributed by atoms with Gasteiger partial charge in [-0.1, -0.05) is 11.3 Å². The molecule has 0 spiro atoms. The van der Waals surface area contributed by atoms with Gasteiger partial charge < -0.3 is 5.32 Å². The lowest BCUT2D eigenvalue weighted by Gasteiger charge is -2.52. The number of nitrogens with zero attached hydrogens (tertiary/aromatic N) is 4. The number of benzene rings is 1. The molecule has 2 aromatic rings. The molecular formula is C23H24N6O4. The fourth-order valence-corrected chi connectivity index (χ4v) is 5.25. The third-order valence-corrected chi connectivity index (χ3v) is 7.32. The molecule has 1 unspecified atom stereocenters. The second-order valence-corrected chi connectivity index (χ2v) is 9.81. The molecule has 4 fully saturated rings. The number of nitrogens with one attached hydrogen (secondary N) is 2. The predicted molar refractivity (Wildman–Crippen MR) is 115 cm³/mol. The van der Waals surface area contributed by atoms with Crippen LogP contribution in [0.4, 0.5) is 5.69 Å². The summed E-state index contributed by atoms with van der Waals surface area (Å²) < 4.78 is 1.80. The van der Waals surface area contributed by atoms with Crippen LogP contribution in [0, 0.1) is 11.8 Å². The summed E-state index contributed by atoms with van der Waals surface area (Å²) in [5.41, 5.74) is 0.602. The smallest absolute Gasteiger partial charge is 0.264 e. The summed E-state index contributed by atoms with van der Waals surface area (Å²) in [4.78, 5) is 52.4. The van der Waals surface area contributed by atoms with Crippen LogP contribution in [-0.2, 0) is 9.59 Å². The first kappa shape index (κ1) is 20.1. The minimum atomic E-state index is -1.28. The van der Waals surface area contributed by atoms with E-state index in [4.69, 9.17) is 0 Å². The predicted octanol–water partition coefficient (Wildman–Crippen LogP) is 1.82. The molecule has 4 heterocycles. The summed E-state index contributed by atoms with van der Waals surface area (Å²) in [7, 11) is 0. The molecule has 1 aromatic heterocycles. The van der Waals surface area contributed by atoms with Gasteiger partial charge >= 0.3 is 0 Å². The zero-order chi connectivity index (χ0) is 23.1. The maximum Gasteiger partial charge on any atom is 0.264 e. The third kappa shape index (κ3) is 2.79. The topological polar surface area (TPSA) is 126 Å². The van der Waals surface area contributed by atoms with Crippen LogP contribution < -0.4 is 10.6 Å². The molecule has 10 heteroatoms. The van der Waals surface area contributed by atoms with Crippen molar-refractivity contribution in [2.24, 2.45) is 11.8 Å². The third-order valence-electron chi connectivity index (χ3n) is 7.32. The Bertz CT molecular complexity index is 1220. The molecule has 5 aliphatic rings. The summed E-state index contributed by atoms with van der Waals surface area (Å²) in [6.45, 7) is 4.06. The van der Waals surface area contributed by atoms with E-state index in [1.165, 1.54) is 0 Å². The number of carbonyl (C=O) groups is 4. The zero-order valence-electron chi connectivity index (χ0n) is 18.4. The number of piperidine rings is 2. The molecule has 1 aromatic carbocycles. The van der Waals surface area contributed by atoms with E-state index >= 15 is 0 Å². The number of hydrogen-bond donors (Lipinski definition) is 2. The van der Waals surface area contributed by atoms with Gasteiger partial charge in [0.15, 0.2) is 0 Å². The van der Waals surface area contributed by atoms with E-state index < -0.39 is 23.3 Å². The fraction of sp³-hybridized carbons (Fsp3) is 0.478. The number of imide groups is 2. The second kappa shape index (κ2) is 6.72. The Morgan fingerprint density at radius 1 is 1.12 bits per heavy atom. The second-order valence-electron chi connectivity index (χ2n) is 9.81. The molecule has 7 rings (SSSR count). The number of carbonyl (C=O) groups excluding carboxylic acids is 4. The molecule has 2 aliphatic carbocycles. The molecule has 1 atom stereocenters. The van der Waals surface area contributed by atoms with Crippen LogP contribution in [0.25, 0.3) is 0 Å². The number of fused-ring (bicyclic) bond motifs is 3. The van der Waals surface area contributed by atoms with Gasteiger partial charge in [0.1, 0.15) is 11.2 Å². The standard InChI is InChI=1S/C23H24N6O4/c1-11(2)28-10-16(26-27-28)18(12-6-7-12)24-15-5-3-4-14-17(15)21(32)29(20(14)31)23-8-13(9-23)19(30)25-22(23)33/h3-5,10-13,18,24H,6-9H2,1-2H3,(H,25,30,33). The van der Waals surface area contributed by atoms with Gasteiger partial charge in [0.05, 0.1) is 23.4 Å². The van der Waals surface area contributed by atoms with Gasteiger partial charge in [0, 0.05) is 17.6 Å². The van der Waals surface area contributed by atoms with Crippen molar-refractivity contribution in [2.45, 2.75) is 57.2 Å². The lowest BCUT2D eigenvalue weighted by atomic mass is 9.63. The first-order valence-corrected chi connectivity index (χ1v) is 11.4. The molecule has 0 radical (unpaired) electrons. The average molecular weight is 448 g/mol. The molecule has 2 saturated carbocycles. The summed E-state index contributed by atoms with van der Waals surface area (Å²) in [6.07, 6.45) is 4.38. The van der Waals surface area contributed by atoms with Crippen LogP contribution in [-0.4, -0.2) is 49.1 Å². The number of amides is 4. The van der Waals surface area contributed by atoms with E-state index in [9.17, 15) is 19.2 Å². The Kier molecular flexibility index (Phi) is 4.09. The Hall–Kier alpha value is -3.56. The maximum absolute atomic E-state index is 13.5. The highest BCUT2D eigenvalue weighted by Gasteiger charge is 2.65. The molecular weight excluding hydrogens is 424 g/mol. The Morgan fingerprint density at radius 2 is 1.88 bits per heavy atom. The van der Waals surface area contributed by atoms with Crippen molar-refractivity contribution in [3.05, 3.63) is 41.2 Å². The van der Waals surface area contributed by atoms with Crippen LogP contribution in [0.2, 0.25) is 0 Å². The molecule has 2 N–H and O–H groups in total. The molecule has 3 aliphatic heterocycles. The number of anilines is 1. The first-order valence-electron chi connectivity index (χ1n) is 11.4. The Morgan fingerprint density at radius 3 is 2.52 bits per heavy atom. The lowest BCUT2D eigenvalue weighted by molar-refractivity contribution is -0.158. The van der Waals surface area contributed by atoms with Gasteiger partial charge in [-0.2, -0.15) is 0 Å². The van der Waals surface area contributed by atoms with Crippen molar-refractivity contribution < 1.29 is 19.2 Å². The monoisotopic (exact) mass is 448 g/mol. The van der Waals surface area contributed by atoms with E-state index in [1.807, 2.05) is 20.0 Å². The van der Waals surface area contributed by atoms with Crippen molar-refractivity contribution in [1.29, 1.82) is 0 Å². The van der Waals surface area contributed by atoms with Crippen LogP contribution in [0.5, 0.6) is 0 Å². The van der Waals surface area contributed by atoms with Gasteiger partial charge in [-0.05, 0) is 57.6 Å². The summed E-state index contributed by atoms with van der Waals surface area (Å²) in [5.74, 6) is -1.87. The maximum atomic E-state index is 13.5. The van der Waals surface area contributed by atoms with Crippen molar-refractivity contribution in [3.8, 4) is 0 Å². The quantitative estimate of drug-likeness (QED) is 0.646. The molecule has 2 saturated heterocycles. The van der Waals surface area contributed by atoms with Gasteiger partial charge in [-0.3, -0.25) is 29.4 Å². The van der Waals surface area contributed by atoms with E-state index in [-0.39, 0.29) is 47.9 Å². The minimum absolute atomic E-state index is 0.136. The molecule has 170 valence electrons. The average Bonchev–Trinajstić information content (AvgIpc) is 3.40. The first-order chi connectivity index (χ1) is 15.8. The fourth-order valence-electron chi connectivity index (χ4n) is 5.25.